The van der Waals surface area contributed by atoms with Gasteiger partial charge in [-0.3, -0.25) is 0 Å². The number of hydrogen-bond acceptors (Lipinski definition) is 2. The van der Waals surface area contributed by atoms with Crippen LogP contribution in [0, 0.1) is 0 Å². The molecule has 1 unspecified atom stereocenters. The third-order valence-electron chi connectivity index (χ3n) is 1.77. The maximum atomic E-state index is 2.26. The SMILES string of the molecule is CCSC1CCCCSC1. The molecule has 1 aliphatic rings. The van der Waals surface area contributed by atoms with E-state index in [2.05, 4.69) is 30.4 Å². The minimum absolute atomic E-state index is 0.970. The average molecular weight is 176 g/mol. The number of hydrogen-bond donors (Lipinski definition) is 0. The second-order valence-electron chi connectivity index (χ2n) is 2.65. The van der Waals surface area contributed by atoms with Crippen LogP contribution >= 0.6 is 23.5 Å². The van der Waals surface area contributed by atoms with E-state index in [1.807, 2.05) is 0 Å². The van der Waals surface area contributed by atoms with Crippen LogP contribution in [0.3, 0.4) is 0 Å². The van der Waals surface area contributed by atoms with Gasteiger partial charge in [0, 0.05) is 11.0 Å². The second-order valence-corrected chi connectivity index (χ2v) is 5.38. The van der Waals surface area contributed by atoms with Crippen molar-refractivity contribution in [3.63, 3.8) is 0 Å². The fourth-order valence-corrected chi connectivity index (χ4v) is 3.72. The first-order chi connectivity index (χ1) is 4.93. The van der Waals surface area contributed by atoms with Crippen LogP contribution in [0.25, 0.3) is 0 Å². The quantitative estimate of drug-likeness (QED) is 0.634. The first kappa shape index (κ1) is 8.79. The molecule has 0 N–H and O–H groups in total. The van der Waals surface area contributed by atoms with Crippen LogP contribution in [-0.2, 0) is 0 Å². The van der Waals surface area contributed by atoms with E-state index in [1.54, 1.807) is 0 Å². The van der Waals surface area contributed by atoms with Crippen molar-refractivity contribution >= 4 is 23.5 Å². The first-order valence-electron chi connectivity index (χ1n) is 4.13. The molecule has 0 amide bonds. The van der Waals surface area contributed by atoms with Crippen LogP contribution in [0.2, 0.25) is 0 Å². The van der Waals surface area contributed by atoms with Crippen LogP contribution in [0.4, 0.5) is 0 Å². The Balaban J connectivity index is 2.15. The summed E-state index contributed by atoms with van der Waals surface area (Å²) in [5.41, 5.74) is 0. The van der Waals surface area contributed by atoms with E-state index >= 15 is 0 Å². The molecule has 0 radical (unpaired) electrons. The topological polar surface area (TPSA) is 0 Å². The predicted molar refractivity (Wildman–Crippen MR) is 53.1 cm³/mol. The predicted octanol–water partition coefficient (Wildman–Crippen LogP) is 3.03. The van der Waals surface area contributed by atoms with Crippen molar-refractivity contribution in [2.24, 2.45) is 0 Å². The van der Waals surface area contributed by atoms with Crippen molar-refractivity contribution in [1.82, 2.24) is 0 Å². The molecule has 1 heterocycles. The van der Waals surface area contributed by atoms with Gasteiger partial charge in [-0.25, -0.2) is 0 Å². The Kier molecular flexibility index (Phi) is 4.72. The lowest BCUT2D eigenvalue weighted by molar-refractivity contribution is 0.737. The van der Waals surface area contributed by atoms with Gasteiger partial charge < -0.3 is 0 Å². The van der Waals surface area contributed by atoms with Crippen molar-refractivity contribution in [3.05, 3.63) is 0 Å². The van der Waals surface area contributed by atoms with Crippen molar-refractivity contribution in [3.8, 4) is 0 Å². The van der Waals surface area contributed by atoms with Gasteiger partial charge in [0.25, 0.3) is 0 Å². The number of rotatable bonds is 2. The standard InChI is InChI=1S/C8H16S2/c1-2-10-8-5-3-4-6-9-7-8/h8H,2-7H2,1H3. The monoisotopic (exact) mass is 176 g/mol. The lowest BCUT2D eigenvalue weighted by Crippen LogP contribution is -2.04. The van der Waals surface area contributed by atoms with E-state index in [-0.39, 0.29) is 0 Å². The van der Waals surface area contributed by atoms with Crippen LogP contribution in [0.15, 0.2) is 0 Å². The average Bonchev–Trinajstić information content (AvgIpc) is 2.17. The van der Waals surface area contributed by atoms with E-state index < -0.39 is 0 Å². The van der Waals surface area contributed by atoms with Gasteiger partial charge >= 0.3 is 0 Å². The molecule has 2 heteroatoms. The minimum Gasteiger partial charge on any atom is -0.161 e. The van der Waals surface area contributed by atoms with Gasteiger partial charge in [-0.05, 0) is 24.3 Å². The van der Waals surface area contributed by atoms with E-state index in [0.717, 1.165) is 5.25 Å². The summed E-state index contributed by atoms with van der Waals surface area (Å²) < 4.78 is 0. The number of thioether (sulfide) groups is 2. The zero-order valence-corrected chi connectivity index (χ0v) is 8.27. The maximum Gasteiger partial charge on any atom is 0.0138 e. The molecule has 0 aliphatic carbocycles. The van der Waals surface area contributed by atoms with E-state index in [9.17, 15) is 0 Å². The highest BCUT2D eigenvalue weighted by Gasteiger charge is 2.10. The van der Waals surface area contributed by atoms with Crippen molar-refractivity contribution < 1.29 is 0 Å². The van der Waals surface area contributed by atoms with Crippen molar-refractivity contribution in [2.45, 2.75) is 31.4 Å². The summed E-state index contributed by atoms with van der Waals surface area (Å²) in [5, 5.41) is 0.970. The summed E-state index contributed by atoms with van der Waals surface area (Å²) in [5.74, 6) is 4.10. The van der Waals surface area contributed by atoms with E-state index in [0.29, 0.717) is 0 Å². The fraction of sp³-hybridized carbons (Fsp3) is 1.00. The molecule has 0 aromatic heterocycles. The summed E-state index contributed by atoms with van der Waals surface area (Å²) in [6.07, 6.45) is 4.38. The Morgan fingerprint density at radius 1 is 1.50 bits per heavy atom. The molecule has 10 heavy (non-hydrogen) atoms. The Morgan fingerprint density at radius 3 is 3.20 bits per heavy atom. The Morgan fingerprint density at radius 2 is 2.40 bits per heavy atom. The summed E-state index contributed by atoms with van der Waals surface area (Å²) in [7, 11) is 0. The molecule has 1 fully saturated rings. The fourth-order valence-electron chi connectivity index (χ4n) is 1.24. The Bertz CT molecular complexity index is 75.3. The highest BCUT2D eigenvalue weighted by molar-refractivity contribution is 8.03. The van der Waals surface area contributed by atoms with Crippen LogP contribution in [-0.4, -0.2) is 22.5 Å². The molecule has 0 saturated carbocycles. The lowest BCUT2D eigenvalue weighted by Gasteiger charge is -2.10. The second kappa shape index (κ2) is 5.36. The smallest absolute Gasteiger partial charge is 0.0138 e. The zero-order valence-electron chi connectivity index (χ0n) is 6.64. The summed E-state index contributed by atoms with van der Waals surface area (Å²) in [6.45, 7) is 2.26. The van der Waals surface area contributed by atoms with Gasteiger partial charge in [0.15, 0.2) is 0 Å². The minimum atomic E-state index is 0.970. The van der Waals surface area contributed by atoms with Gasteiger partial charge in [0.1, 0.15) is 0 Å². The van der Waals surface area contributed by atoms with E-state index in [4.69, 9.17) is 0 Å². The molecule has 0 bridgehead atoms. The highest BCUT2D eigenvalue weighted by Crippen LogP contribution is 2.25. The Hall–Kier alpha value is 0.700. The van der Waals surface area contributed by atoms with E-state index in [1.165, 1.54) is 36.5 Å². The molecule has 1 aliphatic heterocycles. The third-order valence-corrected chi connectivity index (χ3v) is 4.40. The largest absolute Gasteiger partial charge is 0.161 e. The van der Waals surface area contributed by atoms with Gasteiger partial charge in [-0.2, -0.15) is 23.5 Å². The van der Waals surface area contributed by atoms with Gasteiger partial charge in [0.05, 0.1) is 0 Å². The zero-order chi connectivity index (χ0) is 7.23. The molecule has 0 nitrogen and oxygen atoms in total. The first-order valence-corrected chi connectivity index (χ1v) is 6.33. The molecule has 1 rings (SSSR count). The maximum absolute atomic E-state index is 2.26. The summed E-state index contributed by atoms with van der Waals surface area (Å²) in [4.78, 5) is 0. The highest BCUT2D eigenvalue weighted by atomic mass is 32.2. The molecule has 1 saturated heterocycles. The molecule has 0 aromatic carbocycles. The molecule has 60 valence electrons. The summed E-state index contributed by atoms with van der Waals surface area (Å²) in [6, 6.07) is 0. The van der Waals surface area contributed by atoms with Crippen LogP contribution in [0.5, 0.6) is 0 Å². The van der Waals surface area contributed by atoms with Gasteiger partial charge in [-0.1, -0.05) is 13.3 Å². The van der Waals surface area contributed by atoms with Gasteiger partial charge in [0.2, 0.25) is 0 Å². The molecular weight excluding hydrogens is 160 g/mol. The van der Waals surface area contributed by atoms with Crippen molar-refractivity contribution in [2.75, 3.05) is 17.3 Å². The lowest BCUT2D eigenvalue weighted by atomic mass is 10.2. The normalized spacial score (nSPS) is 27.9. The van der Waals surface area contributed by atoms with Crippen LogP contribution in [0.1, 0.15) is 26.2 Å². The third kappa shape index (κ3) is 3.20. The summed E-state index contributed by atoms with van der Waals surface area (Å²) >= 11 is 4.29. The van der Waals surface area contributed by atoms with Gasteiger partial charge in [-0.15, -0.1) is 0 Å². The van der Waals surface area contributed by atoms with Crippen molar-refractivity contribution in [1.29, 1.82) is 0 Å². The Labute approximate surface area is 72.5 Å². The molecule has 1 atom stereocenters. The molecule has 0 aromatic rings. The molecule has 0 spiro atoms. The molecular formula is C8H16S2. The van der Waals surface area contributed by atoms with Crippen LogP contribution < -0.4 is 0 Å².